The molecule has 2 rings (SSSR count). The van der Waals surface area contributed by atoms with Gasteiger partial charge in [-0.05, 0) is 31.2 Å². The highest BCUT2D eigenvalue weighted by Crippen LogP contribution is 2.14. The highest BCUT2D eigenvalue weighted by molar-refractivity contribution is 9.10. The molecule has 0 radical (unpaired) electrons. The second-order valence-electron chi connectivity index (χ2n) is 4.91. The lowest BCUT2D eigenvalue weighted by Gasteiger charge is -2.05. The normalized spacial score (nSPS) is 10.9. The first-order valence-corrected chi connectivity index (χ1v) is 7.82. The Balaban J connectivity index is 2.00. The fraction of sp³-hybridized carbons (Fsp3) is 0.0625. The zero-order valence-electron chi connectivity index (χ0n) is 13.0. The third kappa shape index (κ3) is 5.21. The summed E-state index contributed by atoms with van der Waals surface area (Å²) in [6, 6.07) is 12.5. The molecule has 0 atom stereocenters. The molecule has 0 aromatic heterocycles. The van der Waals surface area contributed by atoms with E-state index in [0.717, 1.165) is 4.47 Å². The zero-order valence-corrected chi connectivity index (χ0v) is 14.6. The van der Waals surface area contributed by atoms with Crippen molar-refractivity contribution in [1.29, 1.82) is 0 Å². The SMILES string of the molecule is CC(=NNC(=O)C(=O)Nc1ccc(Br)cc1)c1cccc([N+](=O)[O-])c1. The summed E-state index contributed by atoms with van der Waals surface area (Å²) in [5.74, 6) is -1.83. The molecule has 0 heterocycles. The molecular weight excluding hydrogens is 392 g/mol. The van der Waals surface area contributed by atoms with Crippen molar-refractivity contribution in [3.05, 3.63) is 68.7 Å². The van der Waals surface area contributed by atoms with E-state index in [1.165, 1.54) is 18.2 Å². The van der Waals surface area contributed by atoms with E-state index >= 15 is 0 Å². The third-order valence-corrected chi connectivity index (χ3v) is 3.64. The number of nitrogens with zero attached hydrogens (tertiary/aromatic N) is 2. The number of non-ortho nitro benzene ring substituents is 1. The topological polar surface area (TPSA) is 114 Å². The van der Waals surface area contributed by atoms with Gasteiger partial charge in [-0.25, -0.2) is 5.43 Å². The van der Waals surface area contributed by atoms with Gasteiger partial charge in [0.1, 0.15) is 0 Å². The van der Waals surface area contributed by atoms with Crippen LogP contribution in [-0.2, 0) is 9.59 Å². The molecule has 9 heteroatoms. The lowest BCUT2D eigenvalue weighted by molar-refractivity contribution is -0.384. The minimum absolute atomic E-state index is 0.0913. The molecule has 0 saturated carbocycles. The monoisotopic (exact) mass is 404 g/mol. The van der Waals surface area contributed by atoms with E-state index in [-0.39, 0.29) is 5.69 Å². The molecule has 0 aliphatic rings. The van der Waals surface area contributed by atoms with E-state index in [9.17, 15) is 19.7 Å². The zero-order chi connectivity index (χ0) is 18.4. The predicted molar refractivity (Wildman–Crippen MR) is 96.2 cm³/mol. The predicted octanol–water partition coefficient (Wildman–Crippen LogP) is 2.84. The number of hydrogen-bond acceptors (Lipinski definition) is 5. The molecule has 128 valence electrons. The maximum absolute atomic E-state index is 11.8. The molecule has 0 spiro atoms. The van der Waals surface area contributed by atoms with Crippen molar-refractivity contribution < 1.29 is 14.5 Å². The van der Waals surface area contributed by atoms with Crippen LogP contribution in [0.4, 0.5) is 11.4 Å². The van der Waals surface area contributed by atoms with Crippen LogP contribution in [0.1, 0.15) is 12.5 Å². The van der Waals surface area contributed by atoms with Crippen molar-refractivity contribution in [2.75, 3.05) is 5.32 Å². The molecule has 8 nitrogen and oxygen atoms in total. The van der Waals surface area contributed by atoms with Gasteiger partial charge >= 0.3 is 11.8 Å². The highest BCUT2D eigenvalue weighted by Gasteiger charge is 2.14. The molecule has 2 amide bonds. The number of carbonyl (C=O) groups is 2. The average Bonchev–Trinajstić information content (AvgIpc) is 2.61. The van der Waals surface area contributed by atoms with Gasteiger partial charge in [-0.2, -0.15) is 5.10 Å². The molecule has 2 aromatic carbocycles. The van der Waals surface area contributed by atoms with E-state index in [0.29, 0.717) is 17.0 Å². The van der Waals surface area contributed by atoms with Gasteiger partial charge in [0.2, 0.25) is 0 Å². The number of hydrazone groups is 1. The van der Waals surface area contributed by atoms with Crippen molar-refractivity contribution in [3.8, 4) is 0 Å². The Bertz CT molecular complexity index is 849. The number of nitrogens with one attached hydrogen (secondary N) is 2. The molecule has 0 unspecified atom stereocenters. The summed E-state index contributed by atoms with van der Waals surface area (Å²) in [6.07, 6.45) is 0. The summed E-state index contributed by atoms with van der Waals surface area (Å²) < 4.78 is 0.840. The van der Waals surface area contributed by atoms with E-state index in [1.807, 2.05) is 0 Å². The quantitative estimate of drug-likeness (QED) is 0.352. The molecule has 0 fully saturated rings. The number of hydrogen-bond donors (Lipinski definition) is 2. The summed E-state index contributed by atoms with van der Waals surface area (Å²) in [5, 5.41) is 17.0. The first-order chi connectivity index (χ1) is 11.9. The first-order valence-electron chi connectivity index (χ1n) is 7.03. The number of carbonyl (C=O) groups excluding carboxylic acids is 2. The Morgan fingerprint density at radius 3 is 2.44 bits per heavy atom. The average molecular weight is 405 g/mol. The number of nitro benzene ring substituents is 1. The third-order valence-electron chi connectivity index (χ3n) is 3.11. The fourth-order valence-electron chi connectivity index (χ4n) is 1.82. The Hall–Kier alpha value is -3.07. The lowest BCUT2D eigenvalue weighted by atomic mass is 10.1. The van der Waals surface area contributed by atoms with Gasteiger partial charge in [0, 0.05) is 27.9 Å². The van der Waals surface area contributed by atoms with Crippen molar-refractivity contribution in [2.24, 2.45) is 5.10 Å². The maximum atomic E-state index is 11.8. The van der Waals surface area contributed by atoms with E-state index in [2.05, 4.69) is 31.8 Å². The van der Waals surface area contributed by atoms with Gasteiger partial charge in [-0.15, -0.1) is 0 Å². The maximum Gasteiger partial charge on any atom is 0.329 e. The molecular formula is C16H13BrN4O4. The van der Waals surface area contributed by atoms with Crippen LogP contribution in [0.25, 0.3) is 0 Å². The van der Waals surface area contributed by atoms with Crippen LogP contribution < -0.4 is 10.7 Å². The number of nitro groups is 1. The lowest BCUT2D eigenvalue weighted by Crippen LogP contribution is -2.32. The van der Waals surface area contributed by atoms with Gasteiger partial charge in [0.15, 0.2) is 0 Å². The Labute approximate surface area is 151 Å². The fourth-order valence-corrected chi connectivity index (χ4v) is 2.08. The molecule has 2 N–H and O–H groups in total. The van der Waals surface area contributed by atoms with Crippen LogP contribution in [0.15, 0.2) is 58.1 Å². The standard InChI is InChI=1S/C16H13BrN4O4/c1-10(11-3-2-4-14(9-11)21(24)25)19-20-16(23)15(22)18-13-7-5-12(17)6-8-13/h2-9H,1H3,(H,18,22)(H,20,23). The largest absolute Gasteiger partial charge is 0.329 e. The van der Waals surface area contributed by atoms with Gasteiger partial charge in [-0.3, -0.25) is 19.7 Å². The van der Waals surface area contributed by atoms with E-state index in [4.69, 9.17) is 0 Å². The van der Waals surface area contributed by atoms with Gasteiger partial charge in [0.05, 0.1) is 10.6 Å². The molecule has 0 bridgehead atoms. The first kappa shape index (κ1) is 18.3. The number of anilines is 1. The molecule has 0 aliphatic carbocycles. The highest BCUT2D eigenvalue weighted by atomic mass is 79.9. The Morgan fingerprint density at radius 2 is 1.80 bits per heavy atom. The Kier molecular flexibility index (Phi) is 5.96. The summed E-state index contributed by atoms with van der Waals surface area (Å²) in [7, 11) is 0. The molecule has 0 aliphatic heterocycles. The van der Waals surface area contributed by atoms with Crippen molar-refractivity contribution in [3.63, 3.8) is 0 Å². The van der Waals surface area contributed by atoms with Gasteiger partial charge < -0.3 is 5.32 Å². The smallest absolute Gasteiger partial charge is 0.318 e. The number of benzene rings is 2. The van der Waals surface area contributed by atoms with Crippen LogP contribution in [0, 0.1) is 10.1 Å². The second kappa shape index (κ2) is 8.15. The van der Waals surface area contributed by atoms with Crippen molar-refractivity contribution >= 4 is 44.8 Å². The van der Waals surface area contributed by atoms with Crippen LogP contribution in [0.2, 0.25) is 0 Å². The van der Waals surface area contributed by atoms with Crippen LogP contribution >= 0.6 is 15.9 Å². The molecule has 0 saturated heterocycles. The van der Waals surface area contributed by atoms with Gasteiger partial charge in [0.25, 0.3) is 5.69 Å². The number of halogens is 1. The summed E-state index contributed by atoms with van der Waals surface area (Å²) >= 11 is 3.27. The number of amides is 2. The van der Waals surface area contributed by atoms with Crippen molar-refractivity contribution in [2.45, 2.75) is 6.92 Å². The Morgan fingerprint density at radius 1 is 1.12 bits per heavy atom. The van der Waals surface area contributed by atoms with Gasteiger partial charge in [-0.1, -0.05) is 28.1 Å². The second-order valence-corrected chi connectivity index (χ2v) is 5.82. The minimum Gasteiger partial charge on any atom is -0.318 e. The summed E-state index contributed by atoms with van der Waals surface area (Å²) in [5.41, 5.74) is 3.28. The molecule has 25 heavy (non-hydrogen) atoms. The van der Waals surface area contributed by atoms with Crippen molar-refractivity contribution in [1.82, 2.24) is 5.43 Å². The van der Waals surface area contributed by atoms with E-state index in [1.54, 1.807) is 37.3 Å². The molecule has 2 aromatic rings. The summed E-state index contributed by atoms with van der Waals surface area (Å²) in [4.78, 5) is 33.8. The number of rotatable bonds is 4. The summed E-state index contributed by atoms with van der Waals surface area (Å²) in [6.45, 7) is 1.56. The van der Waals surface area contributed by atoms with Crippen LogP contribution in [0.3, 0.4) is 0 Å². The van der Waals surface area contributed by atoms with Crippen LogP contribution in [-0.4, -0.2) is 22.4 Å². The van der Waals surface area contributed by atoms with E-state index < -0.39 is 16.7 Å². The minimum atomic E-state index is -0.951. The van der Waals surface area contributed by atoms with Crippen LogP contribution in [0.5, 0.6) is 0 Å².